The molecule has 0 N–H and O–H groups in total. The van der Waals surface area contributed by atoms with Crippen LogP contribution in [0, 0.1) is 13.8 Å². The highest BCUT2D eigenvalue weighted by Gasteiger charge is 2.28. The van der Waals surface area contributed by atoms with Crippen molar-refractivity contribution in [1.82, 2.24) is 0 Å². The molecule has 0 saturated heterocycles. The summed E-state index contributed by atoms with van der Waals surface area (Å²) in [7, 11) is 0. The molecule has 3 nitrogen and oxygen atoms in total. The van der Waals surface area contributed by atoms with Crippen LogP contribution >= 0.6 is 0 Å². The zero-order valence-electron chi connectivity index (χ0n) is 12.0. The molecule has 3 heteroatoms. The summed E-state index contributed by atoms with van der Waals surface area (Å²) in [5.74, 6) is -0.198. The fourth-order valence-corrected chi connectivity index (χ4v) is 2.45. The van der Waals surface area contributed by atoms with Crippen LogP contribution in [0.4, 0.5) is 5.69 Å². The molecule has 3 rings (SSSR count). The van der Waals surface area contributed by atoms with Gasteiger partial charge in [0.15, 0.2) is 5.78 Å². The average molecular weight is 277 g/mol. The molecular weight excluding hydrogens is 262 g/mol. The van der Waals surface area contributed by atoms with Crippen LogP contribution in [0.15, 0.2) is 47.5 Å². The number of hydrogen-bond acceptors (Lipinski definition) is 3. The van der Waals surface area contributed by atoms with E-state index in [9.17, 15) is 9.59 Å². The number of aryl methyl sites for hydroxylation is 2. The van der Waals surface area contributed by atoms with E-state index in [0.29, 0.717) is 22.5 Å². The fourth-order valence-electron chi connectivity index (χ4n) is 2.45. The standard InChI is InChI=1S/C18H15NO2/c1-11-7-8-13(9-12(11)2)19-16-10-17(20)14-5-3-4-6-15(14)18(16)21/h3-9H,10H2,1-2H3. The van der Waals surface area contributed by atoms with Crippen molar-refractivity contribution < 1.29 is 9.59 Å². The van der Waals surface area contributed by atoms with Gasteiger partial charge in [0, 0.05) is 11.1 Å². The summed E-state index contributed by atoms with van der Waals surface area (Å²) in [6, 6.07) is 12.7. The maximum absolute atomic E-state index is 12.4. The zero-order chi connectivity index (χ0) is 15.0. The van der Waals surface area contributed by atoms with E-state index >= 15 is 0 Å². The Bertz CT molecular complexity index is 788. The minimum absolute atomic E-state index is 0.0483. The summed E-state index contributed by atoms with van der Waals surface area (Å²) in [6.07, 6.45) is 0.0722. The number of nitrogens with zero attached hydrogens (tertiary/aromatic N) is 1. The second-order valence-electron chi connectivity index (χ2n) is 5.30. The van der Waals surface area contributed by atoms with E-state index in [4.69, 9.17) is 0 Å². The van der Waals surface area contributed by atoms with Crippen LogP contribution in [0.3, 0.4) is 0 Å². The molecule has 0 heterocycles. The molecule has 0 radical (unpaired) electrons. The third-order valence-electron chi connectivity index (χ3n) is 3.82. The van der Waals surface area contributed by atoms with Crippen molar-refractivity contribution in [3.63, 3.8) is 0 Å². The molecule has 0 spiro atoms. The van der Waals surface area contributed by atoms with Gasteiger partial charge in [0.2, 0.25) is 5.78 Å². The first-order chi connectivity index (χ1) is 10.1. The molecule has 0 aromatic heterocycles. The fraction of sp³-hybridized carbons (Fsp3) is 0.167. The monoisotopic (exact) mass is 277 g/mol. The van der Waals surface area contributed by atoms with Gasteiger partial charge in [-0.05, 0) is 37.1 Å². The lowest BCUT2D eigenvalue weighted by Crippen LogP contribution is -2.26. The van der Waals surface area contributed by atoms with Crippen LogP contribution in [0.25, 0.3) is 0 Å². The summed E-state index contributed by atoms with van der Waals surface area (Å²) < 4.78 is 0. The van der Waals surface area contributed by atoms with E-state index in [1.807, 2.05) is 32.0 Å². The SMILES string of the molecule is Cc1ccc(N=C2CC(=O)c3ccccc3C2=O)cc1C. The molecule has 21 heavy (non-hydrogen) atoms. The predicted octanol–water partition coefficient (Wildman–Crippen LogP) is 3.85. The summed E-state index contributed by atoms with van der Waals surface area (Å²) in [5.41, 5.74) is 4.29. The highest BCUT2D eigenvalue weighted by atomic mass is 16.1. The maximum Gasteiger partial charge on any atom is 0.208 e. The van der Waals surface area contributed by atoms with Gasteiger partial charge >= 0.3 is 0 Å². The quantitative estimate of drug-likeness (QED) is 0.795. The number of fused-ring (bicyclic) bond motifs is 1. The zero-order valence-corrected chi connectivity index (χ0v) is 12.0. The Hall–Kier alpha value is -2.55. The van der Waals surface area contributed by atoms with Gasteiger partial charge in [0.25, 0.3) is 0 Å². The van der Waals surface area contributed by atoms with Crippen molar-refractivity contribution in [1.29, 1.82) is 0 Å². The van der Waals surface area contributed by atoms with Crippen LogP contribution in [-0.4, -0.2) is 17.3 Å². The molecule has 0 atom stereocenters. The normalized spacial score (nSPS) is 16.2. The summed E-state index contributed by atoms with van der Waals surface area (Å²) in [6.45, 7) is 4.03. The molecule has 0 aliphatic heterocycles. The topological polar surface area (TPSA) is 46.5 Å². The van der Waals surface area contributed by atoms with E-state index in [1.54, 1.807) is 24.3 Å². The highest BCUT2D eigenvalue weighted by molar-refractivity contribution is 6.53. The van der Waals surface area contributed by atoms with Crippen molar-refractivity contribution >= 4 is 23.0 Å². The van der Waals surface area contributed by atoms with Crippen molar-refractivity contribution in [3.05, 3.63) is 64.7 Å². The molecule has 104 valence electrons. The largest absolute Gasteiger partial charge is 0.294 e. The Balaban J connectivity index is 2.04. The van der Waals surface area contributed by atoms with Crippen LogP contribution in [0.2, 0.25) is 0 Å². The van der Waals surface area contributed by atoms with Gasteiger partial charge < -0.3 is 0 Å². The number of rotatable bonds is 1. The number of aliphatic imine (C=N–C) groups is 1. The molecule has 2 aromatic rings. The van der Waals surface area contributed by atoms with Gasteiger partial charge in [-0.3, -0.25) is 9.59 Å². The van der Waals surface area contributed by atoms with Crippen LogP contribution in [0.5, 0.6) is 0 Å². The Morgan fingerprint density at radius 3 is 2.33 bits per heavy atom. The first-order valence-electron chi connectivity index (χ1n) is 6.88. The van der Waals surface area contributed by atoms with E-state index in [-0.39, 0.29) is 18.0 Å². The smallest absolute Gasteiger partial charge is 0.208 e. The minimum Gasteiger partial charge on any atom is -0.294 e. The Morgan fingerprint density at radius 2 is 1.62 bits per heavy atom. The van der Waals surface area contributed by atoms with Crippen LogP contribution < -0.4 is 0 Å². The first-order valence-corrected chi connectivity index (χ1v) is 6.88. The molecule has 2 aromatic carbocycles. The predicted molar refractivity (Wildman–Crippen MR) is 82.7 cm³/mol. The third kappa shape index (κ3) is 2.42. The molecule has 0 amide bonds. The summed E-state index contributed by atoms with van der Waals surface area (Å²) in [5, 5.41) is 0. The van der Waals surface area contributed by atoms with E-state index in [0.717, 1.165) is 5.56 Å². The number of benzene rings is 2. The summed E-state index contributed by atoms with van der Waals surface area (Å²) >= 11 is 0. The number of carbonyl (C=O) groups excluding carboxylic acids is 2. The van der Waals surface area contributed by atoms with Gasteiger partial charge in [-0.2, -0.15) is 0 Å². The molecule has 0 fully saturated rings. The molecule has 0 unspecified atom stereocenters. The van der Waals surface area contributed by atoms with Crippen molar-refractivity contribution in [2.75, 3.05) is 0 Å². The molecule has 0 saturated carbocycles. The van der Waals surface area contributed by atoms with E-state index in [2.05, 4.69) is 4.99 Å². The first kappa shape index (κ1) is 13.4. The third-order valence-corrected chi connectivity index (χ3v) is 3.82. The van der Waals surface area contributed by atoms with Gasteiger partial charge in [-0.15, -0.1) is 0 Å². The van der Waals surface area contributed by atoms with Gasteiger partial charge in [0.1, 0.15) is 0 Å². The van der Waals surface area contributed by atoms with Gasteiger partial charge in [0.05, 0.1) is 17.8 Å². The lowest BCUT2D eigenvalue weighted by molar-refractivity contribution is 0.0965. The van der Waals surface area contributed by atoms with E-state index in [1.165, 1.54) is 5.56 Å². The van der Waals surface area contributed by atoms with Gasteiger partial charge in [-0.25, -0.2) is 4.99 Å². The van der Waals surface area contributed by atoms with Crippen molar-refractivity contribution in [2.24, 2.45) is 4.99 Å². The molecule has 0 bridgehead atoms. The van der Waals surface area contributed by atoms with Crippen LogP contribution in [-0.2, 0) is 0 Å². The second kappa shape index (κ2) is 5.09. The number of ketones is 2. The molecule has 1 aliphatic carbocycles. The van der Waals surface area contributed by atoms with Crippen molar-refractivity contribution in [3.8, 4) is 0 Å². The minimum atomic E-state index is -0.150. The average Bonchev–Trinajstić information content (AvgIpc) is 2.48. The summed E-state index contributed by atoms with van der Waals surface area (Å²) in [4.78, 5) is 29.0. The lowest BCUT2D eigenvalue weighted by atomic mass is 9.88. The number of hydrogen-bond donors (Lipinski definition) is 0. The molecule has 1 aliphatic rings. The van der Waals surface area contributed by atoms with Gasteiger partial charge in [-0.1, -0.05) is 30.3 Å². The van der Waals surface area contributed by atoms with E-state index < -0.39 is 0 Å². The Labute approximate surface area is 123 Å². The highest BCUT2D eigenvalue weighted by Crippen LogP contribution is 2.23. The Morgan fingerprint density at radius 1 is 0.905 bits per heavy atom. The van der Waals surface area contributed by atoms with Crippen molar-refractivity contribution in [2.45, 2.75) is 20.3 Å². The number of Topliss-reactive ketones (excluding diaryl/α,β-unsaturated/α-hetero) is 2. The number of carbonyl (C=O) groups is 2. The maximum atomic E-state index is 12.4. The van der Waals surface area contributed by atoms with Crippen LogP contribution in [0.1, 0.15) is 38.3 Å². The second-order valence-corrected chi connectivity index (χ2v) is 5.30. The molecular formula is C18H15NO2. The lowest BCUT2D eigenvalue weighted by Gasteiger charge is -2.15. The Kier molecular flexibility index (Phi) is 3.26.